The highest BCUT2D eigenvalue weighted by atomic mass is 32.2. The lowest BCUT2D eigenvalue weighted by Crippen LogP contribution is -2.16. The van der Waals surface area contributed by atoms with Crippen molar-refractivity contribution in [3.8, 4) is 0 Å². The Bertz CT molecular complexity index is 779. The van der Waals surface area contributed by atoms with Gasteiger partial charge in [-0.1, -0.05) is 23.8 Å². The number of hydrogen-bond acceptors (Lipinski definition) is 3. The molecular formula is C19H20FNO2S. The molecule has 24 heavy (non-hydrogen) atoms. The van der Waals surface area contributed by atoms with E-state index >= 15 is 0 Å². The van der Waals surface area contributed by atoms with Crippen molar-refractivity contribution in [3.63, 3.8) is 0 Å². The molecular weight excluding hydrogens is 325 g/mol. The third-order valence-electron chi connectivity index (χ3n) is 3.64. The summed E-state index contributed by atoms with van der Waals surface area (Å²) in [7, 11) is 0. The van der Waals surface area contributed by atoms with Crippen LogP contribution in [-0.4, -0.2) is 17.4 Å². The highest BCUT2D eigenvalue weighted by Crippen LogP contribution is 2.25. The Labute approximate surface area is 145 Å². The summed E-state index contributed by atoms with van der Waals surface area (Å²) in [4.78, 5) is 23.7. The molecule has 0 radical (unpaired) electrons. The van der Waals surface area contributed by atoms with Crippen LogP contribution in [0.1, 0.15) is 34.0 Å². The molecule has 126 valence electrons. The maximum absolute atomic E-state index is 14.0. The predicted molar refractivity (Wildman–Crippen MR) is 96.4 cm³/mol. The van der Waals surface area contributed by atoms with Gasteiger partial charge in [-0.15, -0.1) is 11.8 Å². The minimum absolute atomic E-state index is 0.100. The molecule has 2 rings (SSSR count). The van der Waals surface area contributed by atoms with E-state index in [0.29, 0.717) is 10.5 Å². The van der Waals surface area contributed by atoms with Crippen LogP contribution in [0.2, 0.25) is 0 Å². The van der Waals surface area contributed by atoms with E-state index in [1.165, 1.54) is 19.1 Å². The molecule has 1 N–H and O–H groups in total. The lowest BCUT2D eigenvalue weighted by Gasteiger charge is -2.13. The minimum atomic E-state index is -0.483. The van der Waals surface area contributed by atoms with E-state index in [0.717, 1.165) is 34.1 Å². The highest BCUT2D eigenvalue weighted by Gasteiger charge is 2.11. The summed E-state index contributed by atoms with van der Waals surface area (Å²) in [5, 5.41) is 2.89. The molecule has 0 fully saturated rings. The second-order valence-corrected chi connectivity index (χ2v) is 6.83. The first-order chi connectivity index (χ1) is 11.3. The van der Waals surface area contributed by atoms with Crippen LogP contribution in [0.3, 0.4) is 0 Å². The van der Waals surface area contributed by atoms with Gasteiger partial charge in [0.05, 0.1) is 5.75 Å². The lowest BCUT2D eigenvalue weighted by atomic mass is 10.1. The number of ketones is 1. The number of carbonyl (C=O) groups excluding carboxylic acids is 2. The second kappa shape index (κ2) is 7.62. The Balaban J connectivity index is 2.03. The molecule has 0 spiro atoms. The van der Waals surface area contributed by atoms with Gasteiger partial charge in [0.2, 0.25) is 5.91 Å². The number of thioether (sulfide) groups is 1. The van der Waals surface area contributed by atoms with Gasteiger partial charge in [0.25, 0.3) is 0 Å². The standard InChI is InChI=1S/C19H20FNO2S/c1-11-7-12(2)19(13(3)8-11)21-18(23)10-24-17-6-5-15(14(4)22)9-16(17)20/h5-9H,10H2,1-4H3,(H,21,23). The molecule has 2 aromatic rings. The number of amides is 1. The minimum Gasteiger partial charge on any atom is -0.325 e. The zero-order valence-electron chi connectivity index (χ0n) is 14.2. The molecule has 0 aliphatic rings. The Morgan fingerprint density at radius 3 is 2.25 bits per heavy atom. The van der Waals surface area contributed by atoms with Crippen molar-refractivity contribution < 1.29 is 14.0 Å². The zero-order chi connectivity index (χ0) is 17.9. The first kappa shape index (κ1) is 18.2. The van der Waals surface area contributed by atoms with Crippen molar-refractivity contribution in [1.29, 1.82) is 0 Å². The van der Waals surface area contributed by atoms with Crippen LogP contribution in [0, 0.1) is 26.6 Å². The number of anilines is 1. The zero-order valence-corrected chi connectivity index (χ0v) is 15.0. The van der Waals surface area contributed by atoms with Gasteiger partial charge in [-0.25, -0.2) is 4.39 Å². The van der Waals surface area contributed by atoms with Crippen LogP contribution in [0.25, 0.3) is 0 Å². The van der Waals surface area contributed by atoms with Gasteiger partial charge in [0.1, 0.15) is 5.82 Å². The van der Waals surface area contributed by atoms with E-state index in [4.69, 9.17) is 0 Å². The average Bonchev–Trinajstić information content (AvgIpc) is 2.49. The van der Waals surface area contributed by atoms with Crippen LogP contribution in [-0.2, 0) is 4.79 Å². The molecule has 3 nitrogen and oxygen atoms in total. The Morgan fingerprint density at radius 1 is 1.08 bits per heavy atom. The number of rotatable bonds is 5. The van der Waals surface area contributed by atoms with Crippen molar-refractivity contribution in [1.82, 2.24) is 0 Å². The lowest BCUT2D eigenvalue weighted by molar-refractivity contribution is -0.113. The van der Waals surface area contributed by atoms with Gasteiger partial charge < -0.3 is 5.32 Å². The first-order valence-corrected chi connectivity index (χ1v) is 8.57. The monoisotopic (exact) mass is 345 g/mol. The fraction of sp³-hybridized carbons (Fsp3) is 0.263. The fourth-order valence-electron chi connectivity index (χ4n) is 2.53. The van der Waals surface area contributed by atoms with Gasteiger partial charge in [-0.05, 0) is 51.0 Å². The van der Waals surface area contributed by atoms with Crippen molar-refractivity contribution in [3.05, 3.63) is 58.4 Å². The number of halogens is 1. The number of nitrogens with one attached hydrogen (secondary N) is 1. The molecule has 0 bridgehead atoms. The normalized spacial score (nSPS) is 10.5. The maximum Gasteiger partial charge on any atom is 0.234 e. The summed E-state index contributed by atoms with van der Waals surface area (Å²) in [6, 6.07) is 8.33. The number of benzene rings is 2. The van der Waals surface area contributed by atoms with Crippen LogP contribution in [0.5, 0.6) is 0 Å². The van der Waals surface area contributed by atoms with E-state index in [-0.39, 0.29) is 17.4 Å². The third kappa shape index (κ3) is 4.45. The topological polar surface area (TPSA) is 46.2 Å². The van der Waals surface area contributed by atoms with Crippen LogP contribution >= 0.6 is 11.8 Å². The van der Waals surface area contributed by atoms with Crippen molar-refractivity contribution in [2.75, 3.05) is 11.1 Å². The highest BCUT2D eigenvalue weighted by molar-refractivity contribution is 8.00. The quantitative estimate of drug-likeness (QED) is 0.632. The summed E-state index contributed by atoms with van der Waals surface area (Å²) in [6.45, 7) is 7.29. The van der Waals surface area contributed by atoms with Gasteiger partial charge in [0, 0.05) is 16.1 Å². The van der Waals surface area contributed by atoms with E-state index in [2.05, 4.69) is 5.32 Å². The molecule has 0 atom stereocenters. The number of hydrogen-bond donors (Lipinski definition) is 1. The molecule has 0 heterocycles. The summed E-state index contributed by atoms with van der Waals surface area (Å²) in [5.74, 6) is -0.759. The molecule has 0 aliphatic heterocycles. The maximum atomic E-state index is 14.0. The molecule has 1 amide bonds. The van der Waals surface area contributed by atoms with Gasteiger partial charge in [-0.2, -0.15) is 0 Å². The molecule has 0 aliphatic carbocycles. The smallest absolute Gasteiger partial charge is 0.234 e. The summed E-state index contributed by atoms with van der Waals surface area (Å²) in [5.41, 5.74) is 4.28. The van der Waals surface area contributed by atoms with Crippen LogP contribution in [0.4, 0.5) is 10.1 Å². The summed E-state index contributed by atoms with van der Waals surface area (Å²) in [6.07, 6.45) is 0. The Morgan fingerprint density at radius 2 is 1.71 bits per heavy atom. The molecule has 2 aromatic carbocycles. The Kier molecular flexibility index (Phi) is 5.78. The summed E-state index contributed by atoms with van der Waals surface area (Å²) < 4.78 is 14.0. The second-order valence-electron chi connectivity index (χ2n) is 5.81. The number of carbonyl (C=O) groups is 2. The van der Waals surface area contributed by atoms with Gasteiger partial charge >= 0.3 is 0 Å². The first-order valence-electron chi connectivity index (χ1n) is 7.59. The van der Waals surface area contributed by atoms with E-state index in [1.807, 2.05) is 32.9 Å². The molecule has 5 heteroatoms. The van der Waals surface area contributed by atoms with Crippen LogP contribution < -0.4 is 5.32 Å². The molecule has 0 aromatic heterocycles. The van der Waals surface area contributed by atoms with E-state index < -0.39 is 5.82 Å². The van der Waals surface area contributed by atoms with E-state index in [9.17, 15) is 14.0 Å². The SMILES string of the molecule is CC(=O)c1ccc(SCC(=O)Nc2c(C)cc(C)cc2C)c(F)c1. The van der Waals surface area contributed by atoms with Gasteiger partial charge in [-0.3, -0.25) is 9.59 Å². The van der Waals surface area contributed by atoms with Gasteiger partial charge in [0.15, 0.2) is 5.78 Å². The van der Waals surface area contributed by atoms with Crippen molar-refractivity contribution in [2.45, 2.75) is 32.6 Å². The summed E-state index contributed by atoms with van der Waals surface area (Å²) >= 11 is 1.11. The largest absolute Gasteiger partial charge is 0.325 e. The van der Waals surface area contributed by atoms with Crippen molar-refractivity contribution >= 4 is 29.1 Å². The Hall–Kier alpha value is -2.14. The van der Waals surface area contributed by atoms with Crippen molar-refractivity contribution in [2.24, 2.45) is 0 Å². The molecule has 0 saturated heterocycles. The fourth-order valence-corrected chi connectivity index (χ4v) is 3.25. The average molecular weight is 345 g/mol. The van der Waals surface area contributed by atoms with Crippen LogP contribution in [0.15, 0.2) is 35.2 Å². The number of Topliss-reactive ketones (excluding diaryl/α,β-unsaturated/α-hetero) is 1. The predicted octanol–water partition coefficient (Wildman–Crippen LogP) is 4.68. The molecule has 0 saturated carbocycles. The third-order valence-corrected chi connectivity index (χ3v) is 4.69. The number of aryl methyl sites for hydroxylation is 3. The molecule has 0 unspecified atom stereocenters. The van der Waals surface area contributed by atoms with E-state index in [1.54, 1.807) is 6.07 Å².